The minimum atomic E-state index is -1.09. The standard InChI is InChI=1S/C5H7N5O2/c1-5(2)3(11)7-4(12)10(5)9-8-6/h1-2H3,(H,7,11,12). The smallest absolute Gasteiger partial charge is 0.269 e. The maximum atomic E-state index is 11.0. The molecular weight excluding hydrogens is 162 g/mol. The number of urea groups is 1. The number of imide groups is 1. The van der Waals surface area contributed by atoms with Gasteiger partial charge in [0.1, 0.15) is 0 Å². The first-order valence-electron chi connectivity index (χ1n) is 3.21. The molecule has 0 aromatic carbocycles. The Morgan fingerprint density at radius 2 is 2.17 bits per heavy atom. The van der Waals surface area contributed by atoms with Gasteiger partial charge in [-0.15, -0.1) is 10.5 Å². The maximum absolute atomic E-state index is 11.0. The van der Waals surface area contributed by atoms with Gasteiger partial charge >= 0.3 is 6.03 Å². The van der Waals surface area contributed by atoms with Crippen LogP contribution < -0.4 is 5.32 Å². The summed E-state index contributed by atoms with van der Waals surface area (Å²) in [6, 6.07) is -0.692. The molecule has 0 unspecified atom stereocenters. The molecule has 1 rings (SSSR count). The molecule has 64 valence electrons. The Morgan fingerprint density at radius 1 is 1.58 bits per heavy atom. The van der Waals surface area contributed by atoms with Crippen molar-refractivity contribution in [2.45, 2.75) is 19.4 Å². The van der Waals surface area contributed by atoms with Crippen molar-refractivity contribution in [3.05, 3.63) is 10.4 Å². The molecule has 0 aromatic rings. The van der Waals surface area contributed by atoms with E-state index in [0.29, 0.717) is 0 Å². The highest BCUT2D eigenvalue weighted by molar-refractivity contribution is 6.06. The molecule has 0 bridgehead atoms. The number of amides is 3. The van der Waals surface area contributed by atoms with E-state index < -0.39 is 17.5 Å². The van der Waals surface area contributed by atoms with Gasteiger partial charge in [0.15, 0.2) is 5.54 Å². The predicted molar refractivity (Wildman–Crippen MR) is 38.6 cm³/mol. The average molecular weight is 169 g/mol. The van der Waals surface area contributed by atoms with Crippen molar-refractivity contribution in [1.29, 1.82) is 0 Å². The van der Waals surface area contributed by atoms with E-state index in [2.05, 4.69) is 10.1 Å². The van der Waals surface area contributed by atoms with Crippen molar-refractivity contribution < 1.29 is 9.59 Å². The zero-order valence-electron chi connectivity index (χ0n) is 6.61. The summed E-state index contributed by atoms with van der Waals surface area (Å²) in [6.45, 7) is 2.98. The molecule has 1 heterocycles. The zero-order valence-corrected chi connectivity index (χ0v) is 6.61. The van der Waals surface area contributed by atoms with E-state index in [1.807, 2.05) is 5.32 Å². The van der Waals surface area contributed by atoms with Crippen molar-refractivity contribution >= 4 is 11.9 Å². The Hall–Kier alpha value is -1.75. The highest BCUT2D eigenvalue weighted by Gasteiger charge is 2.50. The number of nitrogens with one attached hydrogen (secondary N) is 1. The van der Waals surface area contributed by atoms with Crippen LogP contribution in [0.3, 0.4) is 0 Å². The van der Waals surface area contributed by atoms with Gasteiger partial charge in [0.05, 0.1) is 0 Å². The third kappa shape index (κ3) is 0.960. The molecule has 1 saturated heterocycles. The Kier molecular flexibility index (Phi) is 1.66. The summed E-state index contributed by atoms with van der Waals surface area (Å²) in [6.07, 6.45) is 0. The van der Waals surface area contributed by atoms with Gasteiger partial charge in [0.2, 0.25) is 0 Å². The number of nitrogens with zero attached hydrogens (tertiary/aromatic N) is 4. The van der Waals surface area contributed by atoms with Crippen molar-refractivity contribution in [3.8, 4) is 0 Å². The summed E-state index contributed by atoms with van der Waals surface area (Å²) in [5.41, 5.74) is 6.99. The summed E-state index contributed by atoms with van der Waals surface area (Å²) in [5, 5.41) is 5.89. The number of hydrogen-bond acceptors (Lipinski definition) is 3. The monoisotopic (exact) mass is 169 g/mol. The van der Waals surface area contributed by atoms with Crippen LogP contribution >= 0.6 is 0 Å². The first kappa shape index (κ1) is 8.35. The van der Waals surface area contributed by atoms with E-state index in [9.17, 15) is 9.59 Å². The van der Waals surface area contributed by atoms with Crippen LogP contribution in [0.15, 0.2) is 5.22 Å². The molecule has 1 fully saturated rings. The number of azide groups is 1. The fourth-order valence-electron chi connectivity index (χ4n) is 0.845. The van der Waals surface area contributed by atoms with E-state index in [1.54, 1.807) is 0 Å². The summed E-state index contributed by atoms with van der Waals surface area (Å²) < 4.78 is 0. The van der Waals surface area contributed by atoms with Crippen molar-refractivity contribution in [2.24, 2.45) is 5.22 Å². The van der Waals surface area contributed by atoms with Crippen LogP contribution in [0.2, 0.25) is 0 Å². The lowest BCUT2D eigenvalue weighted by molar-refractivity contribution is -0.125. The van der Waals surface area contributed by atoms with Gasteiger partial charge in [-0.05, 0) is 19.1 Å². The van der Waals surface area contributed by atoms with Gasteiger partial charge in [-0.2, -0.15) is 4.91 Å². The highest BCUT2D eigenvalue weighted by atomic mass is 16.2. The molecule has 12 heavy (non-hydrogen) atoms. The van der Waals surface area contributed by atoms with E-state index in [0.717, 1.165) is 5.01 Å². The second-order valence-electron chi connectivity index (χ2n) is 2.81. The van der Waals surface area contributed by atoms with Crippen molar-refractivity contribution in [2.75, 3.05) is 0 Å². The third-order valence-electron chi connectivity index (χ3n) is 1.63. The minimum Gasteiger partial charge on any atom is -0.269 e. The molecule has 1 aliphatic rings. The quantitative estimate of drug-likeness (QED) is 0.268. The molecule has 3 amide bonds. The average Bonchev–Trinajstić information content (AvgIpc) is 2.14. The number of rotatable bonds is 1. The topological polar surface area (TPSA) is 98.2 Å². The molecule has 0 spiro atoms. The van der Waals surface area contributed by atoms with Gasteiger partial charge in [-0.25, -0.2) is 4.79 Å². The molecule has 0 radical (unpaired) electrons. The van der Waals surface area contributed by atoms with Gasteiger partial charge in [-0.1, -0.05) is 0 Å². The van der Waals surface area contributed by atoms with Gasteiger partial charge in [-0.3, -0.25) is 10.1 Å². The summed E-state index contributed by atoms with van der Waals surface area (Å²) in [7, 11) is 0. The van der Waals surface area contributed by atoms with Crippen LogP contribution in [0.4, 0.5) is 4.79 Å². The lowest BCUT2D eigenvalue weighted by Crippen LogP contribution is -2.40. The molecule has 7 heteroatoms. The molecule has 1 aliphatic heterocycles. The fraction of sp³-hybridized carbons (Fsp3) is 0.600. The SMILES string of the molecule is CC1(C)C(=O)NC(=O)N1N=[N+]=[N-]. The minimum absolute atomic E-state index is 0.472. The third-order valence-corrected chi connectivity index (χ3v) is 1.63. The highest BCUT2D eigenvalue weighted by Crippen LogP contribution is 2.20. The largest absolute Gasteiger partial charge is 0.419 e. The summed E-state index contributed by atoms with van der Waals surface area (Å²) in [4.78, 5) is 24.4. The molecule has 0 aliphatic carbocycles. The van der Waals surface area contributed by atoms with E-state index >= 15 is 0 Å². The zero-order chi connectivity index (χ0) is 9.35. The first-order chi connectivity index (χ1) is 5.50. The molecule has 1 N–H and O–H groups in total. The van der Waals surface area contributed by atoms with Crippen LogP contribution in [0, 0.1) is 0 Å². The lowest BCUT2D eigenvalue weighted by atomic mass is 10.1. The first-order valence-corrected chi connectivity index (χ1v) is 3.21. The second kappa shape index (κ2) is 2.38. The van der Waals surface area contributed by atoms with Crippen LogP contribution in [0.1, 0.15) is 13.8 Å². The van der Waals surface area contributed by atoms with Crippen LogP contribution in [-0.4, -0.2) is 22.5 Å². The number of hydrogen-bond donors (Lipinski definition) is 1. The Labute approximate surface area is 67.9 Å². The Balaban J connectivity index is 3.06. The van der Waals surface area contributed by atoms with E-state index in [1.165, 1.54) is 13.8 Å². The predicted octanol–water partition coefficient (Wildman–Crippen LogP) is 0.542. The van der Waals surface area contributed by atoms with Gasteiger partial charge in [0, 0.05) is 0 Å². The Morgan fingerprint density at radius 3 is 2.50 bits per heavy atom. The van der Waals surface area contributed by atoms with Gasteiger partial charge < -0.3 is 0 Å². The van der Waals surface area contributed by atoms with Crippen LogP contribution in [0.25, 0.3) is 10.4 Å². The van der Waals surface area contributed by atoms with E-state index in [4.69, 9.17) is 5.53 Å². The molecule has 0 aromatic heterocycles. The van der Waals surface area contributed by atoms with E-state index in [-0.39, 0.29) is 0 Å². The normalized spacial score (nSPS) is 20.3. The lowest BCUT2D eigenvalue weighted by Gasteiger charge is -2.16. The fourth-order valence-corrected chi connectivity index (χ4v) is 0.845. The molecule has 0 saturated carbocycles. The van der Waals surface area contributed by atoms with Crippen LogP contribution in [0.5, 0.6) is 0 Å². The Bertz CT molecular complexity index is 290. The maximum Gasteiger partial charge on any atom is 0.419 e. The van der Waals surface area contributed by atoms with Crippen molar-refractivity contribution in [3.63, 3.8) is 0 Å². The molecular formula is C5H7N5O2. The molecule has 0 atom stereocenters. The van der Waals surface area contributed by atoms with Crippen molar-refractivity contribution in [1.82, 2.24) is 10.3 Å². The van der Waals surface area contributed by atoms with Crippen LogP contribution in [-0.2, 0) is 4.79 Å². The molecule has 7 nitrogen and oxygen atoms in total. The summed E-state index contributed by atoms with van der Waals surface area (Å²) in [5.74, 6) is -0.472. The number of carbonyl (C=O) groups excluding carboxylic acids is 2. The second-order valence-corrected chi connectivity index (χ2v) is 2.81. The summed E-state index contributed by atoms with van der Waals surface area (Å²) >= 11 is 0. The number of carbonyl (C=O) groups is 2. The van der Waals surface area contributed by atoms with Gasteiger partial charge in [0.25, 0.3) is 5.91 Å².